The Labute approximate surface area is 228 Å². The standard InChI is InChI=1S/C29H19F6N3O3/c30-28(31,32)16-7-5-8-17(14-16)36-25(39)24-22-21(23-18-9-2-1-6-15(18)12-13-37(23)24)26(40)38(27(22)41)20-11-4-3-10-19(20)29(33,34)35/h1-14,21-24H,(H,36,39)/t21-,22+,23-,24-/m0/s1. The molecule has 3 heterocycles. The second-order valence-electron chi connectivity index (χ2n) is 9.93. The van der Waals surface area contributed by atoms with Crippen molar-refractivity contribution in [2.24, 2.45) is 11.8 Å². The summed E-state index contributed by atoms with van der Waals surface area (Å²) >= 11 is 0. The molecule has 0 radical (unpaired) electrons. The summed E-state index contributed by atoms with van der Waals surface area (Å²) in [5, 5.41) is 2.42. The maximum atomic E-state index is 13.9. The first-order chi connectivity index (χ1) is 19.4. The molecule has 6 nitrogen and oxygen atoms in total. The summed E-state index contributed by atoms with van der Waals surface area (Å²) in [5.74, 6) is -5.41. The van der Waals surface area contributed by atoms with E-state index >= 15 is 0 Å². The van der Waals surface area contributed by atoms with Gasteiger partial charge in [-0.3, -0.25) is 14.4 Å². The van der Waals surface area contributed by atoms with E-state index in [0.29, 0.717) is 16.0 Å². The van der Waals surface area contributed by atoms with E-state index in [-0.39, 0.29) is 5.69 Å². The first-order valence-electron chi connectivity index (χ1n) is 12.4. The Bertz CT molecular complexity index is 1620. The molecule has 0 spiro atoms. The predicted octanol–water partition coefficient (Wildman–Crippen LogP) is 5.88. The highest BCUT2D eigenvalue weighted by Gasteiger charge is 2.65. The highest BCUT2D eigenvalue weighted by atomic mass is 19.4. The van der Waals surface area contributed by atoms with Crippen molar-refractivity contribution in [1.29, 1.82) is 0 Å². The summed E-state index contributed by atoms with van der Waals surface area (Å²) < 4.78 is 81.4. The Morgan fingerprint density at radius 3 is 2.20 bits per heavy atom. The quantitative estimate of drug-likeness (QED) is 0.315. The van der Waals surface area contributed by atoms with Crippen LogP contribution >= 0.6 is 0 Å². The molecule has 12 heteroatoms. The lowest BCUT2D eigenvalue weighted by Crippen LogP contribution is -2.46. The van der Waals surface area contributed by atoms with Crippen LogP contribution in [0.2, 0.25) is 0 Å². The third kappa shape index (κ3) is 4.25. The monoisotopic (exact) mass is 571 g/mol. The number of halogens is 6. The second kappa shape index (κ2) is 9.22. The Kier molecular flexibility index (Phi) is 5.98. The minimum Gasteiger partial charge on any atom is -0.357 e. The van der Waals surface area contributed by atoms with Gasteiger partial charge in [-0.25, -0.2) is 4.90 Å². The van der Waals surface area contributed by atoms with E-state index in [2.05, 4.69) is 5.32 Å². The van der Waals surface area contributed by atoms with Crippen molar-refractivity contribution in [2.75, 3.05) is 10.2 Å². The summed E-state index contributed by atoms with van der Waals surface area (Å²) in [4.78, 5) is 43.4. The lowest BCUT2D eigenvalue weighted by molar-refractivity contribution is -0.138. The highest BCUT2D eigenvalue weighted by Crippen LogP contribution is 2.54. The van der Waals surface area contributed by atoms with E-state index in [1.165, 1.54) is 23.2 Å². The molecule has 0 unspecified atom stereocenters. The summed E-state index contributed by atoms with van der Waals surface area (Å²) in [7, 11) is 0. The minimum absolute atomic E-state index is 0.192. The number of fused-ring (bicyclic) bond motifs is 5. The molecule has 41 heavy (non-hydrogen) atoms. The highest BCUT2D eigenvalue weighted by molar-refractivity contribution is 6.24. The molecular formula is C29H19F6N3O3. The number of rotatable bonds is 3. The molecule has 3 aliphatic rings. The number of nitrogens with one attached hydrogen (secondary N) is 1. The second-order valence-corrected chi connectivity index (χ2v) is 9.93. The fourth-order valence-electron chi connectivity index (χ4n) is 5.99. The molecular weight excluding hydrogens is 552 g/mol. The number of carbonyl (C=O) groups is 3. The van der Waals surface area contributed by atoms with Crippen LogP contribution in [0.3, 0.4) is 0 Å². The van der Waals surface area contributed by atoms with E-state index in [0.717, 1.165) is 36.4 Å². The molecule has 2 saturated heterocycles. The molecule has 0 aliphatic carbocycles. The van der Waals surface area contributed by atoms with Crippen LogP contribution in [0, 0.1) is 11.8 Å². The van der Waals surface area contributed by atoms with Crippen molar-refractivity contribution in [3.63, 3.8) is 0 Å². The maximum Gasteiger partial charge on any atom is 0.418 e. The zero-order valence-corrected chi connectivity index (χ0v) is 20.8. The van der Waals surface area contributed by atoms with Gasteiger partial charge in [0.25, 0.3) is 0 Å². The normalized spacial score (nSPS) is 23.4. The molecule has 4 atom stereocenters. The van der Waals surface area contributed by atoms with Crippen LogP contribution in [0.25, 0.3) is 6.08 Å². The summed E-state index contributed by atoms with van der Waals surface area (Å²) in [6, 6.07) is 12.7. The first-order valence-corrected chi connectivity index (χ1v) is 12.4. The average Bonchev–Trinajstić information content (AvgIpc) is 3.40. The zero-order chi connectivity index (χ0) is 29.3. The molecule has 210 valence electrons. The number of para-hydroxylation sites is 1. The molecule has 3 aromatic carbocycles. The van der Waals surface area contributed by atoms with Gasteiger partial charge in [-0.05, 0) is 47.5 Å². The van der Waals surface area contributed by atoms with Gasteiger partial charge in [0.1, 0.15) is 6.04 Å². The molecule has 3 amide bonds. The van der Waals surface area contributed by atoms with Crippen LogP contribution in [-0.2, 0) is 26.7 Å². The Morgan fingerprint density at radius 1 is 0.780 bits per heavy atom. The smallest absolute Gasteiger partial charge is 0.357 e. The topological polar surface area (TPSA) is 69.7 Å². The number of carbonyl (C=O) groups excluding carboxylic acids is 3. The number of alkyl halides is 6. The van der Waals surface area contributed by atoms with Crippen molar-refractivity contribution < 1.29 is 40.7 Å². The molecule has 0 bridgehead atoms. The van der Waals surface area contributed by atoms with Gasteiger partial charge in [-0.2, -0.15) is 26.3 Å². The molecule has 0 saturated carbocycles. The lowest BCUT2D eigenvalue weighted by atomic mass is 9.84. The summed E-state index contributed by atoms with van der Waals surface area (Å²) in [6.07, 6.45) is -6.36. The van der Waals surface area contributed by atoms with Crippen LogP contribution in [-0.4, -0.2) is 28.7 Å². The number of benzene rings is 3. The van der Waals surface area contributed by atoms with E-state index in [4.69, 9.17) is 0 Å². The molecule has 3 aliphatic heterocycles. The minimum atomic E-state index is -4.87. The van der Waals surface area contributed by atoms with Gasteiger partial charge in [0.05, 0.1) is 34.7 Å². The van der Waals surface area contributed by atoms with Gasteiger partial charge < -0.3 is 10.2 Å². The van der Waals surface area contributed by atoms with E-state index in [1.807, 2.05) is 0 Å². The summed E-state index contributed by atoms with van der Waals surface area (Å²) in [6.45, 7) is 0. The first kappa shape index (κ1) is 26.6. The summed E-state index contributed by atoms with van der Waals surface area (Å²) in [5.41, 5.74) is -1.75. The third-order valence-corrected chi connectivity index (χ3v) is 7.64. The number of hydrogen-bond donors (Lipinski definition) is 1. The van der Waals surface area contributed by atoms with E-state index < -0.39 is 70.8 Å². The van der Waals surface area contributed by atoms with Crippen molar-refractivity contribution >= 4 is 35.2 Å². The average molecular weight is 571 g/mol. The van der Waals surface area contributed by atoms with Crippen LogP contribution in [0.1, 0.15) is 28.3 Å². The van der Waals surface area contributed by atoms with Gasteiger partial charge in [-0.1, -0.05) is 42.5 Å². The van der Waals surface area contributed by atoms with Crippen LogP contribution in [0.4, 0.5) is 37.7 Å². The van der Waals surface area contributed by atoms with Gasteiger partial charge in [-0.15, -0.1) is 0 Å². The molecule has 3 aromatic rings. The molecule has 0 aromatic heterocycles. The Morgan fingerprint density at radius 2 is 1.46 bits per heavy atom. The fraction of sp³-hybridized carbons (Fsp3) is 0.207. The van der Waals surface area contributed by atoms with Crippen molar-refractivity contribution in [2.45, 2.75) is 24.4 Å². The van der Waals surface area contributed by atoms with Gasteiger partial charge in [0.15, 0.2) is 0 Å². The SMILES string of the molecule is O=C(Nc1cccc(C(F)(F)F)c1)[C@@H]1[C@@H]2C(=O)N(c3ccccc3C(F)(F)F)C(=O)[C@@H]2[C@@H]2c3ccccc3C=CN12. The fourth-order valence-corrected chi connectivity index (χ4v) is 5.99. The largest absolute Gasteiger partial charge is 0.418 e. The Hall–Kier alpha value is -4.61. The van der Waals surface area contributed by atoms with Crippen LogP contribution in [0.5, 0.6) is 0 Å². The maximum absolute atomic E-state index is 13.9. The van der Waals surface area contributed by atoms with E-state index in [9.17, 15) is 40.7 Å². The number of hydrogen-bond acceptors (Lipinski definition) is 4. The van der Waals surface area contributed by atoms with Gasteiger partial charge in [0, 0.05) is 11.9 Å². The van der Waals surface area contributed by atoms with Crippen LogP contribution in [0.15, 0.2) is 79.0 Å². The van der Waals surface area contributed by atoms with Gasteiger partial charge in [0.2, 0.25) is 17.7 Å². The van der Waals surface area contributed by atoms with Crippen molar-refractivity contribution in [3.05, 3.63) is 101 Å². The Balaban J connectivity index is 1.44. The third-order valence-electron chi connectivity index (χ3n) is 7.64. The van der Waals surface area contributed by atoms with Crippen molar-refractivity contribution in [3.8, 4) is 0 Å². The van der Waals surface area contributed by atoms with Gasteiger partial charge >= 0.3 is 12.4 Å². The van der Waals surface area contributed by atoms with E-state index in [1.54, 1.807) is 30.3 Å². The number of amides is 3. The number of nitrogens with zero attached hydrogens (tertiary/aromatic N) is 2. The number of anilines is 2. The van der Waals surface area contributed by atoms with Crippen molar-refractivity contribution in [1.82, 2.24) is 4.90 Å². The number of imide groups is 1. The zero-order valence-electron chi connectivity index (χ0n) is 20.8. The molecule has 2 fully saturated rings. The molecule has 6 rings (SSSR count). The predicted molar refractivity (Wildman–Crippen MR) is 135 cm³/mol. The molecule has 1 N–H and O–H groups in total. The lowest BCUT2D eigenvalue weighted by Gasteiger charge is -2.35. The van der Waals surface area contributed by atoms with Crippen LogP contribution < -0.4 is 10.2 Å².